The van der Waals surface area contributed by atoms with E-state index in [0.717, 1.165) is 18.2 Å². The molecule has 4 aromatic carbocycles. The summed E-state index contributed by atoms with van der Waals surface area (Å²) in [5.41, 5.74) is 0. The van der Waals surface area contributed by atoms with Crippen LogP contribution in [0.4, 0.5) is 0 Å². The summed E-state index contributed by atoms with van der Waals surface area (Å²) in [6.07, 6.45) is 0. The minimum Gasteiger partial charge on any atom is -0.219 e. The number of hydrogen-bond acceptors (Lipinski definition) is 6. The Morgan fingerprint density at radius 3 is 1.12 bits per heavy atom. The van der Waals surface area contributed by atoms with Crippen molar-refractivity contribution in [3.8, 4) is 0 Å². The summed E-state index contributed by atoms with van der Waals surface area (Å²) in [5, 5.41) is 0. The standard InChI is InChI=1S/C24H18O6S3/c25-31(26,19-10-4-1-5-11-19)22-16-17-23(32(27,28)20-12-6-2-7-13-20)24(18-22)33(29,30)21-14-8-3-9-15-21/h1-18H. The van der Waals surface area contributed by atoms with E-state index in [4.69, 9.17) is 0 Å². The molecular weight excluding hydrogens is 480 g/mol. The molecule has 9 heteroatoms. The van der Waals surface area contributed by atoms with Crippen LogP contribution >= 0.6 is 0 Å². The third-order valence-corrected chi connectivity index (χ3v) is 10.5. The third kappa shape index (κ3) is 4.22. The normalized spacial score (nSPS) is 12.4. The van der Waals surface area contributed by atoms with Gasteiger partial charge in [0.1, 0.15) is 0 Å². The van der Waals surface area contributed by atoms with Crippen molar-refractivity contribution < 1.29 is 25.3 Å². The predicted molar refractivity (Wildman–Crippen MR) is 122 cm³/mol. The highest BCUT2D eigenvalue weighted by atomic mass is 32.2. The van der Waals surface area contributed by atoms with E-state index < -0.39 is 39.3 Å². The fraction of sp³-hybridized carbons (Fsp3) is 0. The van der Waals surface area contributed by atoms with E-state index in [2.05, 4.69) is 0 Å². The Hall–Kier alpha value is -3.27. The molecule has 0 bridgehead atoms. The lowest BCUT2D eigenvalue weighted by molar-refractivity contribution is 0.581. The maximum absolute atomic E-state index is 13.5. The maximum atomic E-state index is 13.5. The van der Waals surface area contributed by atoms with Crippen molar-refractivity contribution in [3.63, 3.8) is 0 Å². The maximum Gasteiger partial charge on any atom is 0.207 e. The van der Waals surface area contributed by atoms with Crippen molar-refractivity contribution in [2.75, 3.05) is 0 Å². The second kappa shape index (κ2) is 8.58. The van der Waals surface area contributed by atoms with Gasteiger partial charge in [-0.25, -0.2) is 25.3 Å². The Morgan fingerprint density at radius 1 is 0.333 bits per heavy atom. The van der Waals surface area contributed by atoms with Crippen molar-refractivity contribution in [3.05, 3.63) is 109 Å². The average Bonchev–Trinajstić information content (AvgIpc) is 2.85. The Morgan fingerprint density at radius 2 is 0.697 bits per heavy atom. The van der Waals surface area contributed by atoms with Crippen LogP contribution in [0.2, 0.25) is 0 Å². The van der Waals surface area contributed by atoms with Gasteiger partial charge in [-0.3, -0.25) is 0 Å². The van der Waals surface area contributed by atoms with Crippen molar-refractivity contribution >= 4 is 29.5 Å². The molecule has 4 aromatic rings. The van der Waals surface area contributed by atoms with E-state index in [1.807, 2.05) is 0 Å². The lowest BCUT2D eigenvalue weighted by Gasteiger charge is -2.14. The first-order valence-electron chi connectivity index (χ1n) is 9.69. The first-order valence-corrected chi connectivity index (χ1v) is 14.1. The SMILES string of the molecule is O=S(=O)(c1ccccc1)c1ccc(S(=O)(=O)c2ccccc2)c(S(=O)(=O)c2ccccc2)c1. The zero-order valence-corrected chi connectivity index (χ0v) is 19.5. The van der Waals surface area contributed by atoms with E-state index in [1.54, 1.807) is 30.3 Å². The molecule has 0 aliphatic carbocycles. The molecule has 0 unspecified atom stereocenters. The summed E-state index contributed by atoms with van der Waals surface area (Å²) in [6, 6.07) is 25.2. The highest BCUT2D eigenvalue weighted by Gasteiger charge is 2.31. The molecule has 0 saturated carbocycles. The zero-order valence-electron chi connectivity index (χ0n) is 17.1. The van der Waals surface area contributed by atoms with Gasteiger partial charge in [0.25, 0.3) is 0 Å². The minimum absolute atomic E-state index is 0.0354. The summed E-state index contributed by atoms with van der Waals surface area (Å²) < 4.78 is 79.9. The van der Waals surface area contributed by atoms with Crippen LogP contribution in [0.15, 0.2) is 139 Å². The minimum atomic E-state index is -4.37. The van der Waals surface area contributed by atoms with Crippen molar-refractivity contribution in [1.82, 2.24) is 0 Å². The molecule has 33 heavy (non-hydrogen) atoms. The van der Waals surface area contributed by atoms with Crippen molar-refractivity contribution in [1.29, 1.82) is 0 Å². The Kier molecular flexibility index (Phi) is 5.96. The average molecular weight is 499 g/mol. The molecule has 0 N–H and O–H groups in total. The summed E-state index contributed by atoms with van der Waals surface area (Å²) >= 11 is 0. The van der Waals surface area contributed by atoms with Gasteiger partial charge in [0, 0.05) is 0 Å². The fourth-order valence-corrected chi connectivity index (χ4v) is 8.04. The van der Waals surface area contributed by atoms with Gasteiger partial charge in [0.05, 0.1) is 29.4 Å². The predicted octanol–water partition coefficient (Wildman–Crippen LogP) is 4.19. The lowest BCUT2D eigenvalue weighted by Crippen LogP contribution is -2.13. The Bertz CT molecular complexity index is 1610. The van der Waals surface area contributed by atoms with E-state index in [0.29, 0.717) is 0 Å². The van der Waals surface area contributed by atoms with Gasteiger partial charge in [-0.1, -0.05) is 54.6 Å². The topological polar surface area (TPSA) is 102 Å². The van der Waals surface area contributed by atoms with Crippen LogP contribution in [0, 0.1) is 0 Å². The molecule has 168 valence electrons. The van der Waals surface area contributed by atoms with Crippen LogP contribution in [0.3, 0.4) is 0 Å². The van der Waals surface area contributed by atoms with Gasteiger partial charge >= 0.3 is 0 Å². The van der Waals surface area contributed by atoms with Gasteiger partial charge in [0.2, 0.25) is 29.5 Å². The van der Waals surface area contributed by atoms with E-state index in [-0.39, 0.29) is 19.6 Å². The first-order chi connectivity index (χ1) is 15.6. The van der Waals surface area contributed by atoms with Crippen molar-refractivity contribution in [2.45, 2.75) is 29.4 Å². The largest absolute Gasteiger partial charge is 0.219 e. The first kappa shape index (κ1) is 22.9. The Balaban J connectivity index is 2.02. The van der Waals surface area contributed by atoms with Crippen LogP contribution in [0.1, 0.15) is 0 Å². The van der Waals surface area contributed by atoms with Crippen LogP contribution in [0.5, 0.6) is 0 Å². The van der Waals surface area contributed by atoms with E-state index in [9.17, 15) is 25.3 Å². The molecule has 0 atom stereocenters. The van der Waals surface area contributed by atoms with E-state index >= 15 is 0 Å². The monoisotopic (exact) mass is 498 g/mol. The number of benzene rings is 4. The molecule has 0 amide bonds. The molecule has 0 aromatic heterocycles. The summed E-state index contributed by atoms with van der Waals surface area (Å²) in [5.74, 6) is 0. The van der Waals surface area contributed by atoms with Crippen LogP contribution in [-0.4, -0.2) is 25.3 Å². The van der Waals surface area contributed by atoms with E-state index in [1.165, 1.54) is 60.7 Å². The second-order valence-electron chi connectivity index (χ2n) is 7.06. The molecule has 0 fully saturated rings. The van der Waals surface area contributed by atoms with Crippen LogP contribution < -0.4 is 0 Å². The van der Waals surface area contributed by atoms with Gasteiger partial charge < -0.3 is 0 Å². The summed E-state index contributed by atoms with van der Waals surface area (Å²) in [4.78, 5) is -1.71. The second-order valence-corrected chi connectivity index (χ2v) is 12.8. The van der Waals surface area contributed by atoms with Crippen LogP contribution in [0.25, 0.3) is 0 Å². The fourth-order valence-electron chi connectivity index (χ4n) is 3.28. The van der Waals surface area contributed by atoms with Crippen LogP contribution in [-0.2, 0) is 29.5 Å². The van der Waals surface area contributed by atoms with Gasteiger partial charge in [-0.15, -0.1) is 0 Å². The summed E-state index contributed by atoms with van der Waals surface area (Å²) in [7, 11) is -12.7. The number of rotatable bonds is 6. The molecule has 0 saturated heterocycles. The molecule has 0 heterocycles. The smallest absolute Gasteiger partial charge is 0.207 e. The highest BCUT2D eigenvalue weighted by Crippen LogP contribution is 2.34. The third-order valence-electron chi connectivity index (χ3n) is 4.97. The van der Waals surface area contributed by atoms with Crippen molar-refractivity contribution in [2.24, 2.45) is 0 Å². The molecule has 4 rings (SSSR count). The molecular formula is C24H18O6S3. The molecule has 0 aliphatic rings. The lowest BCUT2D eigenvalue weighted by atomic mass is 10.3. The van der Waals surface area contributed by atoms with Gasteiger partial charge in [0.15, 0.2) is 0 Å². The Labute approximate surface area is 192 Å². The molecule has 0 radical (unpaired) electrons. The number of sulfone groups is 3. The zero-order chi connectivity index (χ0) is 23.7. The summed E-state index contributed by atoms with van der Waals surface area (Å²) in [6.45, 7) is 0. The number of hydrogen-bond donors (Lipinski definition) is 0. The highest BCUT2D eigenvalue weighted by molar-refractivity contribution is 7.94. The molecule has 0 spiro atoms. The van der Waals surface area contributed by atoms with Gasteiger partial charge in [-0.2, -0.15) is 0 Å². The molecule has 6 nitrogen and oxygen atoms in total. The quantitative estimate of drug-likeness (QED) is 0.395. The molecule has 0 aliphatic heterocycles. The van der Waals surface area contributed by atoms with Gasteiger partial charge in [-0.05, 0) is 54.6 Å².